The number of nitrogens with zero attached hydrogens (tertiary/aromatic N) is 4. The maximum Gasteiger partial charge on any atom is 0.222 e. The van der Waals surface area contributed by atoms with E-state index in [1.807, 2.05) is 32.3 Å². The van der Waals surface area contributed by atoms with Crippen molar-refractivity contribution in [3.8, 4) is 11.1 Å². The summed E-state index contributed by atoms with van der Waals surface area (Å²) in [6.07, 6.45) is 1.76. The van der Waals surface area contributed by atoms with Gasteiger partial charge >= 0.3 is 0 Å². The Labute approximate surface area is 175 Å². The molecule has 2 unspecified atom stereocenters. The van der Waals surface area contributed by atoms with Crippen molar-refractivity contribution in [1.82, 2.24) is 14.9 Å². The molecule has 0 saturated carbocycles. The van der Waals surface area contributed by atoms with E-state index >= 15 is 0 Å². The summed E-state index contributed by atoms with van der Waals surface area (Å²) in [5.41, 5.74) is 7.96. The number of primary amides is 1. The van der Waals surface area contributed by atoms with Crippen LogP contribution in [0.25, 0.3) is 21.3 Å². The zero-order valence-electron chi connectivity index (χ0n) is 17.1. The molecule has 1 aliphatic heterocycles. The standard InChI is InChI=1S/C22H27N5OS/c1-14-9-10-16(20(23)28)11-27(14)21-19-17(15-7-5-4-6-8-15)13-29-22(19)25-18(24-21)12-26(2)3/h4-8,13-14,16H,9-12H2,1-3H3,(H2,23,28). The van der Waals surface area contributed by atoms with Crippen molar-refractivity contribution in [1.29, 1.82) is 0 Å². The fourth-order valence-electron chi connectivity index (χ4n) is 3.99. The largest absolute Gasteiger partial charge is 0.369 e. The topological polar surface area (TPSA) is 75.4 Å². The van der Waals surface area contributed by atoms with E-state index in [1.54, 1.807) is 11.3 Å². The lowest BCUT2D eigenvalue weighted by molar-refractivity contribution is -0.122. The van der Waals surface area contributed by atoms with Crippen molar-refractivity contribution < 1.29 is 4.79 Å². The highest BCUT2D eigenvalue weighted by molar-refractivity contribution is 7.17. The van der Waals surface area contributed by atoms with Crippen LogP contribution in [0.15, 0.2) is 35.7 Å². The third-order valence-corrected chi connectivity index (χ3v) is 6.43. The molecule has 7 heteroatoms. The molecule has 3 heterocycles. The number of anilines is 1. The number of hydrogen-bond acceptors (Lipinski definition) is 6. The first-order valence-electron chi connectivity index (χ1n) is 9.98. The summed E-state index contributed by atoms with van der Waals surface area (Å²) in [7, 11) is 4.04. The molecular weight excluding hydrogens is 382 g/mol. The van der Waals surface area contributed by atoms with Gasteiger partial charge < -0.3 is 15.5 Å². The Kier molecular flexibility index (Phi) is 5.52. The average molecular weight is 410 g/mol. The molecule has 1 aliphatic rings. The van der Waals surface area contributed by atoms with Crippen LogP contribution in [0.2, 0.25) is 0 Å². The second kappa shape index (κ2) is 8.08. The van der Waals surface area contributed by atoms with Gasteiger partial charge in [0.15, 0.2) is 0 Å². The molecule has 1 aromatic carbocycles. The number of benzene rings is 1. The summed E-state index contributed by atoms with van der Waals surface area (Å²) in [6, 6.07) is 10.6. The molecule has 3 aromatic rings. The number of thiophene rings is 1. The number of piperidine rings is 1. The smallest absolute Gasteiger partial charge is 0.222 e. The fourth-order valence-corrected chi connectivity index (χ4v) is 4.95. The van der Waals surface area contributed by atoms with E-state index in [2.05, 4.69) is 34.2 Å². The number of hydrogen-bond donors (Lipinski definition) is 1. The second-order valence-corrected chi connectivity index (χ2v) is 8.93. The van der Waals surface area contributed by atoms with Gasteiger partial charge in [-0.1, -0.05) is 30.3 Å². The second-order valence-electron chi connectivity index (χ2n) is 8.07. The fraction of sp³-hybridized carbons (Fsp3) is 0.409. The number of aromatic nitrogens is 2. The molecule has 1 fully saturated rings. The molecule has 2 N–H and O–H groups in total. The van der Waals surface area contributed by atoms with Gasteiger partial charge in [-0.25, -0.2) is 9.97 Å². The van der Waals surface area contributed by atoms with Crippen LogP contribution in [-0.4, -0.2) is 47.5 Å². The summed E-state index contributed by atoms with van der Waals surface area (Å²) in [5.74, 6) is 1.35. The van der Waals surface area contributed by atoms with Gasteiger partial charge in [0.2, 0.25) is 5.91 Å². The van der Waals surface area contributed by atoms with Crippen molar-refractivity contribution in [3.05, 3.63) is 41.5 Å². The van der Waals surface area contributed by atoms with Gasteiger partial charge in [0.1, 0.15) is 16.5 Å². The van der Waals surface area contributed by atoms with Crippen LogP contribution < -0.4 is 10.6 Å². The Balaban J connectivity index is 1.89. The van der Waals surface area contributed by atoms with Gasteiger partial charge in [-0.15, -0.1) is 11.3 Å². The normalized spacial score (nSPS) is 19.8. The van der Waals surface area contributed by atoms with E-state index in [1.165, 1.54) is 0 Å². The monoisotopic (exact) mass is 409 g/mol. The van der Waals surface area contributed by atoms with Crippen LogP contribution in [0.4, 0.5) is 5.82 Å². The number of carbonyl (C=O) groups excluding carboxylic acids is 1. The van der Waals surface area contributed by atoms with Gasteiger partial charge in [0.25, 0.3) is 0 Å². The van der Waals surface area contributed by atoms with Gasteiger partial charge in [0, 0.05) is 23.5 Å². The summed E-state index contributed by atoms with van der Waals surface area (Å²) in [4.78, 5) is 27.1. The summed E-state index contributed by atoms with van der Waals surface area (Å²) in [6.45, 7) is 3.47. The predicted molar refractivity (Wildman–Crippen MR) is 119 cm³/mol. The molecule has 1 amide bonds. The van der Waals surface area contributed by atoms with Crippen LogP contribution >= 0.6 is 11.3 Å². The molecule has 6 nitrogen and oxygen atoms in total. The van der Waals surface area contributed by atoms with Crippen molar-refractivity contribution in [2.24, 2.45) is 11.7 Å². The van der Waals surface area contributed by atoms with E-state index in [4.69, 9.17) is 15.7 Å². The van der Waals surface area contributed by atoms with Crippen molar-refractivity contribution in [2.75, 3.05) is 25.5 Å². The van der Waals surface area contributed by atoms with Crippen LogP contribution in [0.3, 0.4) is 0 Å². The molecular formula is C22H27N5OS. The first kappa shape index (κ1) is 19.8. The molecule has 0 radical (unpaired) electrons. The first-order chi connectivity index (χ1) is 13.9. The molecule has 4 rings (SSSR count). The first-order valence-corrected chi connectivity index (χ1v) is 10.9. The van der Waals surface area contributed by atoms with Crippen LogP contribution in [-0.2, 0) is 11.3 Å². The predicted octanol–water partition coefficient (Wildman–Crippen LogP) is 3.51. The van der Waals surface area contributed by atoms with Crippen molar-refractivity contribution in [3.63, 3.8) is 0 Å². The number of amides is 1. The lowest BCUT2D eigenvalue weighted by Gasteiger charge is -2.38. The van der Waals surface area contributed by atoms with Gasteiger partial charge in [-0.05, 0) is 39.4 Å². The number of nitrogens with two attached hydrogens (primary N) is 1. The molecule has 152 valence electrons. The summed E-state index contributed by atoms with van der Waals surface area (Å²) < 4.78 is 0. The van der Waals surface area contributed by atoms with Crippen LogP contribution in [0.1, 0.15) is 25.6 Å². The molecule has 0 bridgehead atoms. The minimum absolute atomic E-state index is 0.146. The van der Waals surface area contributed by atoms with E-state index in [0.29, 0.717) is 19.1 Å². The number of carbonyl (C=O) groups is 1. The maximum absolute atomic E-state index is 11.9. The minimum Gasteiger partial charge on any atom is -0.369 e. The number of rotatable bonds is 5. The van der Waals surface area contributed by atoms with Gasteiger partial charge in [-0.3, -0.25) is 4.79 Å². The van der Waals surface area contributed by atoms with Crippen molar-refractivity contribution in [2.45, 2.75) is 32.4 Å². The van der Waals surface area contributed by atoms with E-state index in [-0.39, 0.29) is 11.8 Å². The molecule has 29 heavy (non-hydrogen) atoms. The lowest BCUT2D eigenvalue weighted by atomic mass is 9.92. The highest BCUT2D eigenvalue weighted by atomic mass is 32.1. The van der Waals surface area contributed by atoms with E-state index in [0.717, 1.165) is 45.8 Å². The third-order valence-electron chi connectivity index (χ3n) is 5.56. The Hall–Kier alpha value is -2.51. The Morgan fingerprint density at radius 3 is 2.69 bits per heavy atom. The third kappa shape index (κ3) is 3.97. The Bertz CT molecular complexity index is 1020. The molecule has 0 aliphatic carbocycles. The van der Waals surface area contributed by atoms with Gasteiger partial charge in [-0.2, -0.15) is 0 Å². The lowest BCUT2D eigenvalue weighted by Crippen LogP contribution is -2.46. The Morgan fingerprint density at radius 2 is 2.00 bits per heavy atom. The average Bonchev–Trinajstić information content (AvgIpc) is 3.12. The zero-order chi connectivity index (χ0) is 20.5. The molecule has 2 atom stereocenters. The molecule has 1 saturated heterocycles. The SMILES string of the molecule is CC1CCC(C(N)=O)CN1c1nc(CN(C)C)nc2scc(-c3ccccc3)c12. The minimum atomic E-state index is -0.227. The molecule has 0 spiro atoms. The van der Waals surface area contributed by atoms with Crippen LogP contribution in [0.5, 0.6) is 0 Å². The maximum atomic E-state index is 11.9. The highest BCUT2D eigenvalue weighted by Crippen LogP contribution is 2.40. The van der Waals surface area contributed by atoms with E-state index in [9.17, 15) is 4.79 Å². The quantitative estimate of drug-likeness (QED) is 0.698. The highest BCUT2D eigenvalue weighted by Gasteiger charge is 2.31. The summed E-state index contributed by atoms with van der Waals surface area (Å²) >= 11 is 1.65. The zero-order valence-corrected chi connectivity index (χ0v) is 17.9. The van der Waals surface area contributed by atoms with Crippen LogP contribution in [0, 0.1) is 5.92 Å². The molecule has 2 aromatic heterocycles. The van der Waals surface area contributed by atoms with E-state index < -0.39 is 0 Å². The van der Waals surface area contributed by atoms with Crippen molar-refractivity contribution >= 4 is 33.3 Å². The Morgan fingerprint density at radius 1 is 1.24 bits per heavy atom. The number of fused-ring (bicyclic) bond motifs is 1. The van der Waals surface area contributed by atoms with Gasteiger partial charge in [0.05, 0.1) is 17.8 Å². The summed E-state index contributed by atoms with van der Waals surface area (Å²) in [5, 5.41) is 3.23.